The number of carbonyl (C=O) groups is 1. The van der Waals surface area contributed by atoms with E-state index in [1.165, 1.54) is 61.9 Å². The fourth-order valence-electron chi connectivity index (χ4n) is 9.37. The SMILES string of the molecule is C.C1CCOC1.FC(F)(F)c1ccc(OC[C@@H]2CCN(CC3(c4ccc(Cl)cc4)CCC3)C2)cc1.O=C(N1CC[C@@H](COc2ccc(C(F)(F)F)cc2)C1)C1(c2ccc(Cl)cc2)CCC1. The minimum atomic E-state index is -4.35. The zero-order valence-electron chi connectivity index (χ0n) is 35.9. The highest BCUT2D eigenvalue weighted by Gasteiger charge is 2.49. The van der Waals surface area contributed by atoms with E-state index < -0.39 is 28.9 Å². The van der Waals surface area contributed by atoms with Crippen molar-refractivity contribution < 1.29 is 45.3 Å². The molecule has 3 saturated heterocycles. The summed E-state index contributed by atoms with van der Waals surface area (Å²) in [6.45, 7) is 7.25. The molecule has 0 aromatic heterocycles. The summed E-state index contributed by atoms with van der Waals surface area (Å²) in [6.07, 6.45) is 2.15. The first-order valence-electron chi connectivity index (χ1n) is 22.3. The Morgan fingerprint density at radius 1 is 0.615 bits per heavy atom. The molecule has 3 heterocycles. The molecule has 14 heteroatoms. The van der Waals surface area contributed by atoms with Crippen molar-refractivity contribution in [1.29, 1.82) is 0 Å². The van der Waals surface area contributed by atoms with Crippen molar-refractivity contribution in [1.82, 2.24) is 9.80 Å². The first-order chi connectivity index (χ1) is 30.6. The van der Waals surface area contributed by atoms with E-state index in [0.717, 1.165) is 99.8 Å². The zero-order valence-corrected chi connectivity index (χ0v) is 37.4. The van der Waals surface area contributed by atoms with E-state index in [-0.39, 0.29) is 24.7 Å². The van der Waals surface area contributed by atoms with Crippen molar-refractivity contribution >= 4 is 29.1 Å². The Bertz CT molecular complexity index is 2080. The number of hydrogen-bond donors (Lipinski definition) is 0. The van der Waals surface area contributed by atoms with Gasteiger partial charge in [-0.2, -0.15) is 26.3 Å². The summed E-state index contributed by atoms with van der Waals surface area (Å²) in [5.41, 5.74) is 0.831. The molecule has 3 aliphatic heterocycles. The zero-order chi connectivity index (χ0) is 45.4. The van der Waals surface area contributed by atoms with E-state index in [4.69, 9.17) is 37.4 Å². The highest BCUT2D eigenvalue weighted by atomic mass is 35.5. The van der Waals surface area contributed by atoms with Gasteiger partial charge in [-0.1, -0.05) is 67.7 Å². The van der Waals surface area contributed by atoms with Gasteiger partial charge < -0.3 is 24.0 Å². The van der Waals surface area contributed by atoms with Crippen molar-refractivity contribution in [3.05, 3.63) is 129 Å². The Kier molecular flexibility index (Phi) is 17.2. The van der Waals surface area contributed by atoms with Gasteiger partial charge in [0.25, 0.3) is 0 Å². The summed E-state index contributed by atoms with van der Waals surface area (Å²) in [7, 11) is 0. The van der Waals surface area contributed by atoms with Crippen molar-refractivity contribution in [2.24, 2.45) is 11.8 Å². The van der Waals surface area contributed by atoms with E-state index in [1.807, 2.05) is 41.3 Å². The quantitative estimate of drug-likeness (QED) is 0.140. The monoisotopic (exact) mass is 948 g/mol. The van der Waals surface area contributed by atoms with Gasteiger partial charge in [0, 0.05) is 66.7 Å². The molecule has 65 heavy (non-hydrogen) atoms. The lowest BCUT2D eigenvalue weighted by molar-refractivity contribution is -0.140. The lowest BCUT2D eigenvalue weighted by atomic mass is 9.63. The van der Waals surface area contributed by atoms with Gasteiger partial charge in [-0.3, -0.25) is 4.79 Å². The molecule has 5 fully saturated rings. The van der Waals surface area contributed by atoms with Gasteiger partial charge in [-0.05, 0) is 142 Å². The lowest BCUT2D eigenvalue weighted by Gasteiger charge is -2.45. The van der Waals surface area contributed by atoms with E-state index in [0.29, 0.717) is 48.7 Å². The first-order valence-corrected chi connectivity index (χ1v) is 23.1. The minimum Gasteiger partial charge on any atom is -0.493 e. The number of hydrogen-bond acceptors (Lipinski definition) is 5. The molecule has 5 aliphatic rings. The van der Waals surface area contributed by atoms with Gasteiger partial charge >= 0.3 is 12.4 Å². The summed E-state index contributed by atoms with van der Waals surface area (Å²) >= 11 is 12.0. The molecule has 2 saturated carbocycles. The number of ether oxygens (including phenoxy) is 3. The molecule has 354 valence electrons. The van der Waals surface area contributed by atoms with Crippen LogP contribution in [0.5, 0.6) is 11.5 Å². The minimum absolute atomic E-state index is 0. The maximum Gasteiger partial charge on any atom is 0.416 e. The van der Waals surface area contributed by atoms with Crippen LogP contribution in [0.3, 0.4) is 0 Å². The number of benzene rings is 4. The fourth-order valence-corrected chi connectivity index (χ4v) is 9.62. The first kappa shape index (κ1) is 50.4. The van der Waals surface area contributed by atoms with Crippen molar-refractivity contribution in [2.45, 2.75) is 94.8 Å². The molecule has 6 nitrogen and oxygen atoms in total. The van der Waals surface area contributed by atoms with E-state index >= 15 is 0 Å². The summed E-state index contributed by atoms with van der Waals surface area (Å²) in [4.78, 5) is 17.8. The average molecular weight is 950 g/mol. The third kappa shape index (κ3) is 13.1. The van der Waals surface area contributed by atoms with Crippen LogP contribution in [0.25, 0.3) is 0 Å². The number of amides is 1. The lowest BCUT2D eigenvalue weighted by Crippen LogP contribution is -2.50. The third-order valence-corrected chi connectivity index (χ3v) is 13.9. The number of carbonyl (C=O) groups excluding carboxylic acids is 1. The van der Waals surface area contributed by atoms with Crippen molar-refractivity contribution in [2.75, 3.05) is 59.2 Å². The summed E-state index contributed by atoms with van der Waals surface area (Å²) in [5.74, 6) is 1.63. The smallest absolute Gasteiger partial charge is 0.416 e. The van der Waals surface area contributed by atoms with Crippen LogP contribution in [-0.4, -0.2) is 74.9 Å². The Hall–Kier alpha value is -3.97. The van der Waals surface area contributed by atoms with E-state index in [9.17, 15) is 31.1 Å². The number of nitrogens with zero attached hydrogens (tertiary/aromatic N) is 2. The predicted octanol–water partition coefficient (Wildman–Crippen LogP) is 13.3. The van der Waals surface area contributed by atoms with Crippen LogP contribution in [0.2, 0.25) is 10.0 Å². The molecule has 0 radical (unpaired) electrons. The second kappa shape index (κ2) is 22.2. The van der Waals surface area contributed by atoms with Crippen LogP contribution in [-0.2, 0) is 32.7 Å². The topological polar surface area (TPSA) is 51.2 Å². The second-order valence-corrected chi connectivity index (χ2v) is 18.7. The molecule has 0 unspecified atom stereocenters. The number of rotatable bonds is 11. The fraction of sp³-hybridized carbons (Fsp3) is 0.510. The largest absolute Gasteiger partial charge is 0.493 e. The van der Waals surface area contributed by atoms with Crippen molar-refractivity contribution in [3.8, 4) is 11.5 Å². The molecule has 0 bridgehead atoms. The highest BCUT2D eigenvalue weighted by Crippen LogP contribution is 2.47. The second-order valence-electron chi connectivity index (χ2n) is 17.9. The molecule has 9 rings (SSSR count). The number of likely N-dealkylation sites (tertiary alicyclic amines) is 2. The normalized spacial score (nSPS) is 21.1. The summed E-state index contributed by atoms with van der Waals surface area (Å²) in [5, 5.41) is 1.42. The number of halogens is 8. The van der Waals surface area contributed by atoms with Crippen LogP contribution >= 0.6 is 23.2 Å². The van der Waals surface area contributed by atoms with Gasteiger partial charge in [-0.25, -0.2) is 0 Å². The average Bonchev–Trinajstić information content (AvgIpc) is 4.07. The van der Waals surface area contributed by atoms with Crippen molar-refractivity contribution in [3.63, 3.8) is 0 Å². The number of alkyl halides is 6. The van der Waals surface area contributed by atoms with Crippen LogP contribution < -0.4 is 9.47 Å². The van der Waals surface area contributed by atoms with Gasteiger partial charge in [0.05, 0.1) is 29.8 Å². The molecule has 4 aromatic carbocycles. The standard InChI is InChI=1S/C23H23ClF3NO2.C23H25ClF3NO.C4H8O.CH4/c24-19-6-2-17(3-7-19)22(11-1-12-22)21(29)28-13-10-16(14-28)15-30-20-8-4-18(5-9-20)23(25,26)27;24-20-6-2-18(3-7-20)22(11-1-12-22)16-28-13-10-17(14-28)15-29-21-8-4-19(5-9-21)23(25,26)27;1-2-4-5-3-1;/h2-9,16H,1,10-15H2;2-9,17H,1,10-16H2;1-4H2;1H4/t16-;17-;;/m11../s1. The molecule has 2 aliphatic carbocycles. The van der Waals surface area contributed by atoms with Crippen LogP contribution in [0.1, 0.15) is 93.9 Å². The van der Waals surface area contributed by atoms with Crippen LogP contribution in [0.4, 0.5) is 26.3 Å². The maximum atomic E-state index is 13.3. The molecule has 2 atom stereocenters. The van der Waals surface area contributed by atoms with Gasteiger partial charge in [-0.15, -0.1) is 0 Å². The van der Waals surface area contributed by atoms with Gasteiger partial charge in [0.2, 0.25) is 5.91 Å². The predicted molar refractivity (Wildman–Crippen MR) is 244 cm³/mol. The Labute approximate surface area is 389 Å². The van der Waals surface area contributed by atoms with Crippen LogP contribution in [0.15, 0.2) is 97.1 Å². The van der Waals surface area contributed by atoms with Crippen LogP contribution in [0, 0.1) is 11.8 Å². The molecular formula is C51H60Cl2F6N2O4. The van der Waals surface area contributed by atoms with E-state index in [2.05, 4.69) is 17.0 Å². The van der Waals surface area contributed by atoms with Gasteiger partial charge in [0.1, 0.15) is 11.5 Å². The Morgan fingerprint density at radius 3 is 1.49 bits per heavy atom. The molecule has 0 N–H and O–H groups in total. The maximum absolute atomic E-state index is 13.3. The highest BCUT2D eigenvalue weighted by molar-refractivity contribution is 6.30. The molecule has 0 spiro atoms. The third-order valence-electron chi connectivity index (χ3n) is 13.4. The Balaban J connectivity index is 0.000000192. The summed E-state index contributed by atoms with van der Waals surface area (Å²) < 4.78 is 92.3. The molecule has 4 aromatic rings. The Morgan fingerprint density at radius 2 is 1.08 bits per heavy atom. The molecule has 1 amide bonds. The van der Waals surface area contributed by atoms with E-state index in [1.54, 1.807) is 0 Å². The van der Waals surface area contributed by atoms with Gasteiger partial charge in [0.15, 0.2) is 0 Å². The summed E-state index contributed by atoms with van der Waals surface area (Å²) in [6, 6.07) is 25.5. The molecular weight excluding hydrogens is 889 g/mol.